The van der Waals surface area contributed by atoms with Crippen LogP contribution in [0.25, 0.3) is 0 Å². The lowest BCUT2D eigenvalue weighted by molar-refractivity contribution is 0.0847. The molecule has 1 aromatic carbocycles. The molecule has 0 radical (unpaired) electrons. The van der Waals surface area contributed by atoms with E-state index in [1.807, 2.05) is 24.3 Å². The van der Waals surface area contributed by atoms with E-state index in [-0.39, 0.29) is 11.4 Å². The van der Waals surface area contributed by atoms with Gasteiger partial charge in [0.25, 0.3) is 5.56 Å². The Morgan fingerprint density at radius 1 is 1.37 bits per heavy atom. The van der Waals surface area contributed by atoms with Gasteiger partial charge in [0.2, 0.25) is 0 Å². The Kier molecular flexibility index (Phi) is 3.13. The van der Waals surface area contributed by atoms with Crippen LogP contribution < -0.4 is 15.0 Å². The van der Waals surface area contributed by atoms with Crippen LogP contribution in [0.2, 0.25) is 0 Å². The fourth-order valence-corrected chi connectivity index (χ4v) is 2.04. The smallest absolute Gasteiger partial charge is 0.251 e. The van der Waals surface area contributed by atoms with Crippen LogP contribution in [0.5, 0.6) is 11.5 Å². The molecule has 5 nitrogen and oxygen atoms in total. The van der Waals surface area contributed by atoms with Gasteiger partial charge in [0.15, 0.2) is 23.4 Å². The summed E-state index contributed by atoms with van der Waals surface area (Å²) >= 11 is 5.70. The van der Waals surface area contributed by atoms with Gasteiger partial charge in [0, 0.05) is 6.07 Å². The van der Waals surface area contributed by atoms with Crippen molar-refractivity contribution >= 4 is 11.6 Å². The molecule has 1 unspecified atom stereocenters. The average molecular weight is 279 g/mol. The molecule has 0 amide bonds. The van der Waals surface area contributed by atoms with E-state index < -0.39 is 6.10 Å². The maximum absolute atomic E-state index is 11.5. The summed E-state index contributed by atoms with van der Waals surface area (Å²) in [5, 5.41) is 0. The van der Waals surface area contributed by atoms with Gasteiger partial charge in [0.05, 0.1) is 11.6 Å². The maximum Gasteiger partial charge on any atom is 0.251 e. The van der Waals surface area contributed by atoms with Gasteiger partial charge in [-0.15, -0.1) is 11.6 Å². The van der Waals surface area contributed by atoms with E-state index in [0.29, 0.717) is 29.6 Å². The standard InChI is InChI=1S/C13H11ClN2O3/c14-6-8-5-12(17)16-13(15-8)11-7-18-9-3-1-2-4-10(9)19-11/h1-5,11H,6-7H2,(H,15,16,17). The lowest BCUT2D eigenvalue weighted by Gasteiger charge is -2.25. The number of rotatable bonds is 2. The SMILES string of the molecule is O=c1cc(CCl)nc(C2COc3ccccc3O2)[nH]1. The van der Waals surface area contributed by atoms with Crippen LogP contribution in [0.4, 0.5) is 0 Å². The van der Waals surface area contributed by atoms with E-state index in [2.05, 4.69) is 9.97 Å². The van der Waals surface area contributed by atoms with Gasteiger partial charge < -0.3 is 14.5 Å². The number of aromatic amines is 1. The maximum atomic E-state index is 11.5. The lowest BCUT2D eigenvalue weighted by Crippen LogP contribution is -2.26. The third-order valence-corrected chi connectivity index (χ3v) is 3.04. The second kappa shape index (κ2) is 4.93. The highest BCUT2D eigenvalue weighted by Gasteiger charge is 2.24. The number of aromatic nitrogens is 2. The minimum Gasteiger partial charge on any atom is -0.485 e. The Hall–Kier alpha value is -2.01. The molecule has 0 aliphatic carbocycles. The number of hydrogen-bond donors (Lipinski definition) is 1. The van der Waals surface area contributed by atoms with E-state index in [1.54, 1.807) is 0 Å². The van der Waals surface area contributed by atoms with Crippen LogP contribution >= 0.6 is 11.6 Å². The molecule has 0 saturated heterocycles. The van der Waals surface area contributed by atoms with Gasteiger partial charge in [-0.3, -0.25) is 4.79 Å². The topological polar surface area (TPSA) is 64.2 Å². The molecule has 3 rings (SSSR count). The van der Waals surface area contributed by atoms with Crippen molar-refractivity contribution in [3.8, 4) is 11.5 Å². The van der Waals surface area contributed by atoms with Gasteiger partial charge in [-0.2, -0.15) is 0 Å². The van der Waals surface area contributed by atoms with E-state index in [0.717, 1.165) is 0 Å². The zero-order valence-corrected chi connectivity index (χ0v) is 10.7. The zero-order valence-electron chi connectivity index (χ0n) is 9.93. The van der Waals surface area contributed by atoms with Crippen molar-refractivity contribution < 1.29 is 9.47 Å². The van der Waals surface area contributed by atoms with Crippen molar-refractivity contribution in [3.05, 3.63) is 52.2 Å². The molecule has 1 aliphatic rings. The summed E-state index contributed by atoms with van der Waals surface area (Å²) in [6.07, 6.45) is -0.439. The van der Waals surface area contributed by atoms with Crippen molar-refractivity contribution in [2.75, 3.05) is 6.61 Å². The van der Waals surface area contributed by atoms with E-state index in [1.165, 1.54) is 6.07 Å². The molecule has 2 heterocycles. The summed E-state index contributed by atoms with van der Waals surface area (Å²) in [5.41, 5.74) is 0.269. The van der Waals surface area contributed by atoms with Crippen molar-refractivity contribution in [3.63, 3.8) is 0 Å². The molecule has 1 N–H and O–H groups in total. The molecule has 6 heteroatoms. The molecular formula is C13H11ClN2O3. The van der Waals surface area contributed by atoms with E-state index >= 15 is 0 Å². The average Bonchev–Trinajstić information content (AvgIpc) is 2.46. The van der Waals surface area contributed by atoms with Crippen LogP contribution in [0.15, 0.2) is 35.1 Å². The van der Waals surface area contributed by atoms with Crippen LogP contribution in [0.3, 0.4) is 0 Å². The first-order valence-electron chi connectivity index (χ1n) is 5.81. The van der Waals surface area contributed by atoms with Gasteiger partial charge in [0.1, 0.15) is 6.61 Å². The minimum absolute atomic E-state index is 0.182. The number of benzene rings is 1. The number of alkyl halides is 1. The third-order valence-electron chi connectivity index (χ3n) is 2.76. The van der Waals surface area contributed by atoms with E-state index in [9.17, 15) is 4.79 Å². The monoisotopic (exact) mass is 278 g/mol. The quantitative estimate of drug-likeness (QED) is 0.854. The molecule has 1 aromatic heterocycles. The number of nitrogens with one attached hydrogen (secondary N) is 1. The van der Waals surface area contributed by atoms with Gasteiger partial charge in [-0.05, 0) is 12.1 Å². The number of nitrogens with zero attached hydrogens (tertiary/aromatic N) is 1. The zero-order chi connectivity index (χ0) is 13.2. The molecule has 1 aliphatic heterocycles. The first-order chi connectivity index (χ1) is 9.26. The predicted molar refractivity (Wildman–Crippen MR) is 69.7 cm³/mol. The summed E-state index contributed by atoms with van der Waals surface area (Å²) in [6.45, 7) is 0.297. The highest BCUT2D eigenvalue weighted by atomic mass is 35.5. The number of ether oxygens (including phenoxy) is 2. The molecule has 0 fully saturated rings. The molecule has 0 bridgehead atoms. The van der Waals surface area contributed by atoms with Crippen molar-refractivity contribution in [1.82, 2.24) is 9.97 Å². The number of fused-ring (bicyclic) bond motifs is 1. The molecule has 98 valence electrons. The third kappa shape index (κ3) is 2.42. The fraction of sp³-hybridized carbons (Fsp3) is 0.231. The number of H-pyrrole nitrogens is 1. The minimum atomic E-state index is -0.439. The van der Waals surface area contributed by atoms with Crippen molar-refractivity contribution in [2.45, 2.75) is 12.0 Å². The van der Waals surface area contributed by atoms with Crippen LogP contribution in [0, 0.1) is 0 Å². The first kappa shape index (κ1) is 12.0. The van der Waals surface area contributed by atoms with Gasteiger partial charge >= 0.3 is 0 Å². The summed E-state index contributed by atoms with van der Waals surface area (Å²) in [7, 11) is 0. The van der Waals surface area contributed by atoms with E-state index in [4.69, 9.17) is 21.1 Å². The van der Waals surface area contributed by atoms with Crippen LogP contribution in [-0.4, -0.2) is 16.6 Å². The Morgan fingerprint density at radius 3 is 2.95 bits per heavy atom. The van der Waals surface area contributed by atoms with Crippen molar-refractivity contribution in [1.29, 1.82) is 0 Å². The normalized spacial score (nSPS) is 17.2. The highest BCUT2D eigenvalue weighted by Crippen LogP contribution is 2.34. The first-order valence-corrected chi connectivity index (χ1v) is 6.34. The summed E-state index contributed by atoms with van der Waals surface area (Å²) in [6, 6.07) is 8.74. The molecule has 0 saturated carbocycles. The largest absolute Gasteiger partial charge is 0.485 e. The Balaban J connectivity index is 1.93. The van der Waals surface area contributed by atoms with Crippen molar-refractivity contribution in [2.24, 2.45) is 0 Å². The molecule has 1 atom stereocenters. The molecule has 19 heavy (non-hydrogen) atoms. The fourth-order valence-electron chi connectivity index (χ4n) is 1.90. The Labute approximate surface area is 114 Å². The highest BCUT2D eigenvalue weighted by molar-refractivity contribution is 6.16. The molecule has 0 spiro atoms. The number of halogens is 1. The second-order valence-electron chi connectivity index (χ2n) is 4.12. The van der Waals surface area contributed by atoms with Crippen LogP contribution in [0.1, 0.15) is 17.6 Å². The number of hydrogen-bond acceptors (Lipinski definition) is 4. The molecular weight excluding hydrogens is 268 g/mol. The number of para-hydroxylation sites is 2. The molecule has 2 aromatic rings. The summed E-state index contributed by atoms with van der Waals surface area (Å²) in [5.74, 6) is 1.94. The van der Waals surface area contributed by atoms with Gasteiger partial charge in [-0.25, -0.2) is 4.98 Å². The van der Waals surface area contributed by atoms with Gasteiger partial charge in [-0.1, -0.05) is 12.1 Å². The Bertz CT molecular complexity index is 656. The Morgan fingerprint density at radius 2 is 2.16 bits per heavy atom. The van der Waals surface area contributed by atoms with Crippen LogP contribution in [-0.2, 0) is 5.88 Å². The summed E-state index contributed by atoms with van der Waals surface area (Å²) in [4.78, 5) is 18.4. The summed E-state index contributed by atoms with van der Waals surface area (Å²) < 4.78 is 11.4. The lowest BCUT2D eigenvalue weighted by atomic mass is 10.2. The predicted octanol–water partition coefficient (Wildman–Crippen LogP) is 2.02. The second-order valence-corrected chi connectivity index (χ2v) is 4.39.